The quantitative estimate of drug-likeness (QED) is 0.0147. The predicted octanol–water partition coefficient (Wildman–Crippen LogP) is 11.9. The third kappa shape index (κ3) is 17.0. The Morgan fingerprint density at radius 2 is 0.868 bits per heavy atom. The second kappa shape index (κ2) is 34.2. The van der Waals surface area contributed by atoms with Crippen LogP contribution < -0.4 is 71.9 Å². The van der Waals surface area contributed by atoms with E-state index in [0.717, 1.165) is 77.9 Å². The number of nitrogens with zero attached hydrogens (tertiary/aromatic N) is 4. The van der Waals surface area contributed by atoms with Crippen LogP contribution in [0.3, 0.4) is 0 Å². The van der Waals surface area contributed by atoms with Crippen molar-refractivity contribution in [3.8, 4) is 33.9 Å². The van der Waals surface area contributed by atoms with Gasteiger partial charge in [0.2, 0.25) is 5.36 Å². The zero-order valence-corrected chi connectivity index (χ0v) is 59.5. The summed E-state index contributed by atoms with van der Waals surface area (Å²) in [5.74, 6) is 0.279. The van der Waals surface area contributed by atoms with E-state index in [4.69, 9.17) is 13.9 Å². The van der Waals surface area contributed by atoms with Crippen LogP contribution >= 0.6 is 0 Å². The van der Waals surface area contributed by atoms with Gasteiger partial charge in [-0.15, -0.1) is 0 Å². The number of carbonyl (C=O) groups is 6. The summed E-state index contributed by atoms with van der Waals surface area (Å²) < 4.78 is 22.2. The minimum atomic E-state index is -1.23. The molecule has 3 heterocycles. The maximum atomic E-state index is 13.6. The van der Waals surface area contributed by atoms with Gasteiger partial charge in [0.05, 0.1) is 23.7 Å². The van der Waals surface area contributed by atoms with Gasteiger partial charge in [-0.25, -0.2) is 33.3 Å². The number of hydrogen-bond donors (Lipinski definition) is 9. The number of aromatic carboxylic acids is 1. The zero-order valence-electron chi connectivity index (χ0n) is 59.5. The number of amides is 8. The molecule has 0 unspecified atom stereocenters. The Hall–Kier alpha value is -13.1. The van der Waals surface area contributed by atoms with Crippen molar-refractivity contribution >= 4 is 64.1 Å². The highest BCUT2D eigenvalue weighted by molar-refractivity contribution is 6.08. The first-order valence-electron chi connectivity index (χ1n) is 35.2. The number of carboxylic acid groups (broad SMARTS) is 1. The van der Waals surface area contributed by atoms with Crippen LogP contribution in [-0.2, 0) is 36.5 Å². The van der Waals surface area contributed by atoms with Crippen LogP contribution in [0, 0.1) is 0 Å². The van der Waals surface area contributed by atoms with Gasteiger partial charge >= 0.3 is 36.1 Å². The number of carbonyl (C=O) groups excluding carboxylic acids is 5. The van der Waals surface area contributed by atoms with E-state index in [2.05, 4.69) is 110 Å². The highest BCUT2D eigenvalue weighted by atomic mass is 16.6. The highest BCUT2D eigenvalue weighted by Gasteiger charge is 2.53. The summed E-state index contributed by atoms with van der Waals surface area (Å²) in [6.45, 7) is 6.13. The van der Waals surface area contributed by atoms with Gasteiger partial charge in [-0.2, -0.15) is 0 Å². The molecule has 0 fully saturated rings. The molecule has 1 aliphatic carbocycles. The molecule has 0 saturated heterocycles. The molecule has 4 aliphatic rings. The molecule has 1 spiro atoms. The van der Waals surface area contributed by atoms with E-state index >= 15 is 0 Å². The molecular weight excluding hydrogens is 1340 g/mol. The van der Waals surface area contributed by atoms with Crippen LogP contribution in [0.15, 0.2) is 247 Å². The Kier molecular flexibility index (Phi) is 23.5. The Bertz CT molecular complexity index is 4870. The maximum absolute atomic E-state index is 13.6. The van der Waals surface area contributed by atoms with Crippen molar-refractivity contribution in [2.24, 2.45) is 0 Å². The van der Waals surface area contributed by atoms with E-state index in [1.54, 1.807) is 46.4 Å². The molecule has 540 valence electrons. The number of nitrogens with one attached hydrogen (secondary N) is 8. The molecule has 0 bridgehead atoms. The number of anilines is 3. The SMILES string of the molecule is CNC(=O)NCCN(Cc1ccccc1)c1ccc2c(-c3ccccc3C(=O)O)c3ccc(=[N+](CCNC(=O)NC)Cc4ccccc4)cc-3oc2c1.CNC(=O)NCCN(Cc1ccccc1)c1ccc2c(c1)Oc1cc(N(CCNC(=O)NC)Cc3ccccc3)ccc1C21OC(=O)c2ccccc21. The monoisotopic (exact) mass is 1420 g/mol. The second-order valence-corrected chi connectivity index (χ2v) is 25.4. The van der Waals surface area contributed by atoms with E-state index in [-0.39, 0.29) is 29.7 Å². The van der Waals surface area contributed by atoms with E-state index in [9.17, 15) is 33.9 Å². The fourth-order valence-corrected chi connectivity index (χ4v) is 13.5. The molecule has 9 aromatic carbocycles. The maximum Gasteiger partial charge on any atom is 0.340 e. The molecule has 13 rings (SSSR count). The van der Waals surface area contributed by atoms with Crippen molar-refractivity contribution in [2.75, 3.05) is 95.2 Å². The Morgan fingerprint density at radius 3 is 1.36 bits per heavy atom. The van der Waals surface area contributed by atoms with Gasteiger partial charge in [-0.1, -0.05) is 158 Å². The number of urea groups is 4. The third-order valence-corrected chi connectivity index (χ3v) is 18.7. The fourth-order valence-electron chi connectivity index (χ4n) is 13.5. The summed E-state index contributed by atoms with van der Waals surface area (Å²) in [6.07, 6.45) is 0. The first kappa shape index (κ1) is 72.7. The molecule has 22 heteroatoms. The predicted molar refractivity (Wildman–Crippen MR) is 413 cm³/mol. The van der Waals surface area contributed by atoms with Gasteiger partial charge in [0.15, 0.2) is 18.7 Å². The van der Waals surface area contributed by atoms with Gasteiger partial charge in [0.1, 0.15) is 22.8 Å². The molecule has 22 nitrogen and oxygen atoms in total. The topological polar surface area (TPSA) is 263 Å². The molecule has 3 aliphatic heterocycles. The summed E-state index contributed by atoms with van der Waals surface area (Å²) in [6, 6.07) is 77.9. The van der Waals surface area contributed by atoms with E-state index < -0.39 is 17.5 Å². The first-order chi connectivity index (χ1) is 51.7. The summed E-state index contributed by atoms with van der Waals surface area (Å²) in [4.78, 5) is 80.7. The standard InChI is InChI=1S/2C42H42N6O5/c1-43-40(50)45-21-23-47(27-29-11-5-3-6-12-29)31-17-19-35-37(25-31)52-38-26-32(48(24-22-46-41(51)44-2)28-30-13-7-4-8-14-30)18-20-36(38)42(35)34-16-10-9-15-33(34)39(49)53-42;1-43-41(51)45-21-23-47(27-29-11-5-3-6-12-29)31-17-19-35-37(25-31)53-38-26-32(18-20-36(38)39(35)33-15-9-10-16-34(33)40(49)50)48(24-22-46-42(52)44-2)28-30-13-7-4-8-14-30/h3-20,25-26H,21-24,27-28H2,1-2H3,(H2,43,45,50)(H2,44,46,51);3-20,25-26H,21-24,27-28H2,1-2H3,(H4-,43,44,45,46,49,50,51,52)/p+1. The van der Waals surface area contributed by atoms with Crippen molar-refractivity contribution < 1.29 is 47.8 Å². The van der Waals surface area contributed by atoms with Gasteiger partial charge in [0, 0.05) is 167 Å². The minimum Gasteiger partial charge on any atom is -0.478 e. The Balaban J connectivity index is 0.000000199. The molecule has 0 aromatic heterocycles. The molecule has 9 aromatic rings. The second-order valence-electron chi connectivity index (χ2n) is 25.4. The Labute approximate surface area is 615 Å². The molecule has 8 amide bonds. The van der Waals surface area contributed by atoms with Crippen LogP contribution in [0.4, 0.5) is 36.2 Å². The Morgan fingerprint density at radius 1 is 0.434 bits per heavy atom. The van der Waals surface area contributed by atoms with E-state index in [1.807, 2.05) is 176 Å². The first-order valence-corrected chi connectivity index (χ1v) is 35.2. The normalized spacial score (nSPS) is 12.3. The number of esters is 1. The lowest BCUT2D eigenvalue weighted by molar-refractivity contribution is 0.0224. The van der Waals surface area contributed by atoms with Crippen molar-refractivity contribution in [1.29, 1.82) is 0 Å². The number of fused-ring (bicyclic) bond motifs is 8. The summed E-state index contributed by atoms with van der Waals surface area (Å²) in [5, 5.41) is 33.9. The van der Waals surface area contributed by atoms with Crippen LogP contribution in [0.1, 0.15) is 59.7 Å². The van der Waals surface area contributed by atoms with Gasteiger partial charge in [0.25, 0.3) is 0 Å². The van der Waals surface area contributed by atoms with E-state index in [0.29, 0.717) is 113 Å². The number of benzene rings is 10. The largest absolute Gasteiger partial charge is 0.478 e. The zero-order chi connectivity index (χ0) is 73.9. The molecule has 0 radical (unpaired) electrons. The number of rotatable bonds is 25. The summed E-state index contributed by atoms with van der Waals surface area (Å²) in [7, 11) is 6.35. The van der Waals surface area contributed by atoms with Gasteiger partial charge in [-0.3, -0.25) is 0 Å². The average molecular weight is 1420 g/mol. The van der Waals surface area contributed by atoms with E-state index in [1.165, 1.54) is 0 Å². The van der Waals surface area contributed by atoms with Crippen LogP contribution in [0.25, 0.3) is 33.4 Å². The smallest absolute Gasteiger partial charge is 0.340 e. The lowest BCUT2D eigenvalue weighted by atomic mass is 9.77. The third-order valence-electron chi connectivity index (χ3n) is 18.7. The van der Waals surface area contributed by atoms with Crippen LogP contribution in [0.5, 0.6) is 11.5 Å². The number of ether oxygens (including phenoxy) is 2. The lowest BCUT2D eigenvalue weighted by Gasteiger charge is -2.38. The molecule has 0 saturated carbocycles. The van der Waals surface area contributed by atoms with Crippen LogP contribution in [-0.4, -0.2) is 122 Å². The highest BCUT2D eigenvalue weighted by Crippen LogP contribution is 2.57. The average Bonchev–Trinajstić information content (AvgIpc) is 1.46. The van der Waals surface area contributed by atoms with Crippen LogP contribution in [0.2, 0.25) is 0 Å². The van der Waals surface area contributed by atoms with Crippen molar-refractivity contribution in [2.45, 2.75) is 31.8 Å². The number of carboxylic acids is 1. The summed E-state index contributed by atoms with van der Waals surface area (Å²) >= 11 is 0. The van der Waals surface area contributed by atoms with Gasteiger partial charge in [-0.05, 0) is 76.9 Å². The minimum absolute atomic E-state index is 0.186. The molecular formula is C84H85N12O10+. The lowest BCUT2D eigenvalue weighted by Crippen LogP contribution is -2.40. The summed E-state index contributed by atoms with van der Waals surface area (Å²) in [5.41, 5.74) is 11.4. The fraction of sp³-hybridized carbons (Fsp3) is 0.202. The molecule has 0 atom stereocenters. The van der Waals surface area contributed by atoms with Gasteiger partial charge < -0.3 is 76.2 Å². The number of hydrogen-bond acceptors (Lipinski definition) is 12. The molecule has 9 N–H and O–H groups in total. The molecule has 106 heavy (non-hydrogen) atoms. The van der Waals surface area contributed by atoms with Crippen molar-refractivity contribution in [1.82, 2.24) is 47.1 Å². The van der Waals surface area contributed by atoms with Crippen molar-refractivity contribution in [3.63, 3.8) is 0 Å². The van der Waals surface area contributed by atoms with Crippen molar-refractivity contribution in [3.05, 3.63) is 298 Å².